The molecule has 0 spiro atoms. The smallest absolute Gasteiger partial charge is 0.239 e. The summed E-state index contributed by atoms with van der Waals surface area (Å²) in [6.07, 6.45) is 2.33. The zero-order valence-electron chi connectivity index (χ0n) is 16.3. The minimum atomic E-state index is -3.39. The van der Waals surface area contributed by atoms with Crippen LogP contribution in [0.15, 0.2) is 24.3 Å². The maximum absolute atomic E-state index is 12.1. The highest BCUT2D eigenvalue weighted by molar-refractivity contribution is 7.92. The number of hydrogen-bond acceptors (Lipinski definition) is 6. The number of morpholine rings is 1. The van der Waals surface area contributed by atoms with Gasteiger partial charge in [0.25, 0.3) is 0 Å². The topological polar surface area (TPSA) is 105 Å². The third kappa shape index (κ3) is 8.37. The number of anilines is 2. The van der Waals surface area contributed by atoms with Crippen LogP contribution in [0, 0.1) is 0 Å². The first-order valence-electron chi connectivity index (χ1n) is 9.58. The molecule has 2 rings (SSSR count). The van der Waals surface area contributed by atoms with Gasteiger partial charge in [-0.05, 0) is 30.7 Å². The highest BCUT2D eigenvalue weighted by Gasteiger charge is 2.17. The summed E-state index contributed by atoms with van der Waals surface area (Å²) in [4.78, 5) is 26.1. The molecule has 0 saturated carbocycles. The maximum Gasteiger partial charge on any atom is 0.239 e. The molecule has 1 heterocycles. The van der Waals surface area contributed by atoms with Gasteiger partial charge in [0, 0.05) is 24.5 Å². The van der Waals surface area contributed by atoms with E-state index in [-0.39, 0.29) is 11.7 Å². The van der Waals surface area contributed by atoms with E-state index in [0.717, 1.165) is 25.9 Å². The lowest BCUT2D eigenvalue weighted by atomic mass is 10.2. The van der Waals surface area contributed by atoms with Crippen LogP contribution >= 0.6 is 0 Å². The van der Waals surface area contributed by atoms with Crippen molar-refractivity contribution in [2.75, 3.05) is 55.0 Å². The quantitative estimate of drug-likeness (QED) is 0.566. The Morgan fingerprint density at radius 3 is 2.14 bits per heavy atom. The molecule has 0 atom stereocenters. The first-order valence-corrected chi connectivity index (χ1v) is 11.4. The minimum Gasteiger partial charge on any atom is -0.379 e. The molecule has 1 aliphatic rings. The van der Waals surface area contributed by atoms with E-state index in [1.165, 1.54) is 0 Å². The van der Waals surface area contributed by atoms with Crippen LogP contribution in [0.1, 0.15) is 26.2 Å². The number of carbonyl (C=O) groups excluding carboxylic acids is 2. The molecule has 1 saturated heterocycles. The molecule has 2 amide bonds. The predicted molar refractivity (Wildman–Crippen MR) is 109 cm³/mol. The lowest BCUT2D eigenvalue weighted by Gasteiger charge is -2.25. The Morgan fingerprint density at radius 2 is 1.57 bits per heavy atom. The van der Waals surface area contributed by atoms with Gasteiger partial charge in [-0.3, -0.25) is 14.5 Å². The number of unbranched alkanes of at least 4 members (excludes halogenated alkanes) is 2. The van der Waals surface area contributed by atoms with Crippen molar-refractivity contribution in [2.45, 2.75) is 26.2 Å². The number of nitrogens with one attached hydrogen (secondary N) is 2. The fourth-order valence-corrected chi connectivity index (χ4v) is 4.10. The Balaban J connectivity index is 1.78. The van der Waals surface area contributed by atoms with Crippen LogP contribution in [0.2, 0.25) is 0 Å². The van der Waals surface area contributed by atoms with Crippen LogP contribution in [0.3, 0.4) is 0 Å². The molecule has 1 fully saturated rings. The Labute approximate surface area is 166 Å². The minimum absolute atomic E-state index is 0.0301. The van der Waals surface area contributed by atoms with Gasteiger partial charge in [0.15, 0.2) is 9.84 Å². The number of amides is 2. The lowest BCUT2D eigenvalue weighted by molar-refractivity contribution is -0.118. The average molecular weight is 412 g/mol. The Kier molecular flexibility index (Phi) is 8.88. The van der Waals surface area contributed by atoms with Crippen molar-refractivity contribution < 1.29 is 22.7 Å². The molecule has 28 heavy (non-hydrogen) atoms. The zero-order chi connectivity index (χ0) is 20.4. The SMILES string of the molecule is CCCCCS(=O)(=O)CC(=O)Nc1ccc(NC(=O)CN2CCOCC2)cc1. The Morgan fingerprint density at radius 1 is 1.00 bits per heavy atom. The summed E-state index contributed by atoms with van der Waals surface area (Å²) in [7, 11) is -3.39. The summed E-state index contributed by atoms with van der Waals surface area (Å²) >= 11 is 0. The summed E-state index contributed by atoms with van der Waals surface area (Å²) in [5.74, 6) is -1.16. The summed E-state index contributed by atoms with van der Waals surface area (Å²) in [6, 6.07) is 6.60. The van der Waals surface area contributed by atoms with E-state index in [0.29, 0.717) is 37.6 Å². The molecule has 2 N–H and O–H groups in total. The van der Waals surface area contributed by atoms with E-state index in [4.69, 9.17) is 4.74 Å². The van der Waals surface area contributed by atoms with Crippen LogP contribution in [-0.2, 0) is 24.2 Å². The van der Waals surface area contributed by atoms with E-state index in [1.807, 2.05) is 11.8 Å². The van der Waals surface area contributed by atoms with E-state index >= 15 is 0 Å². The normalized spacial score (nSPS) is 15.2. The van der Waals surface area contributed by atoms with Crippen LogP contribution in [0.5, 0.6) is 0 Å². The Hall–Kier alpha value is -1.97. The second-order valence-electron chi connectivity index (χ2n) is 6.86. The van der Waals surface area contributed by atoms with Crippen molar-refractivity contribution in [3.63, 3.8) is 0 Å². The van der Waals surface area contributed by atoms with Crippen molar-refractivity contribution in [1.29, 1.82) is 0 Å². The highest BCUT2D eigenvalue weighted by atomic mass is 32.2. The molecule has 0 bridgehead atoms. The van der Waals surface area contributed by atoms with Gasteiger partial charge < -0.3 is 15.4 Å². The van der Waals surface area contributed by atoms with Gasteiger partial charge in [-0.15, -0.1) is 0 Å². The van der Waals surface area contributed by atoms with Crippen molar-refractivity contribution in [3.8, 4) is 0 Å². The summed E-state index contributed by atoms with van der Waals surface area (Å²) in [6.45, 7) is 5.04. The molecule has 0 radical (unpaired) electrons. The standard InChI is InChI=1S/C19H29N3O5S/c1-2-3-4-13-28(25,26)15-19(24)21-17-7-5-16(6-8-17)20-18(23)14-22-9-11-27-12-10-22/h5-8H,2-4,9-15H2,1H3,(H,20,23)(H,21,24). The molecule has 1 aromatic rings. The van der Waals surface area contributed by atoms with Crippen molar-refractivity contribution >= 4 is 33.0 Å². The average Bonchev–Trinajstić information content (AvgIpc) is 2.63. The second-order valence-corrected chi connectivity index (χ2v) is 9.05. The van der Waals surface area contributed by atoms with Gasteiger partial charge in [-0.1, -0.05) is 19.8 Å². The zero-order valence-corrected chi connectivity index (χ0v) is 17.1. The molecule has 9 heteroatoms. The Bertz CT molecular complexity index is 743. The summed E-state index contributed by atoms with van der Waals surface area (Å²) in [5, 5.41) is 5.39. The van der Waals surface area contributed by atoms with E-state index in [2.05, 4.69) is 10.6 Å². The van der Waals surface area contributed by atoms with E-state index in [9.17, 15) is 18.0 Å². The first kappa shape index (κ1) is 22.3. The molecule has 0 aliphatic carbocycles. The number of carbonyl (C=O) groups is 2. The van der Waals surface area contributed by atoms with Gasteiger partial charge in [-0.25, -0.2) is 8.42 Å². The largest absolute Gasteiger partial charge is 0.379 e. The number of sulfone groups is 1. The monoisotopic (exact) mass is 411 g/mol. The third-order valence-corrected chi connectivity index (χ3v) is 5.95. The van der Waals surface area contributed by atoms with Crippen LogP contribution in [-0.4, -0.2) is 69.5 Å². The van der Waals surface area contributed by atoms with Crippen LogP contribution in [0.4, 0.5) is 11.4 Å². The van der Waals surface area contributed by atoms with Crippen molar-refractivity contribution in [1.82, 2.24) is 4.90 Å². The summed E-state index contributed by atoms with van der Waals surface area (Å²) < 4.78 is 29.1. The predicted octanol–water partition coefficient (Wildman–Crippen LogP) is 1.50. The number of ether oxygens (including phenoxy) is 1. The number of nitrogens with zero attached hydrogens (tertiary/aromatic N) is 1. The van der Waals surface area contributed by atoms with Crippen LogP contribution in [0.25, 0.3) is 0 Å². The maximum atomic E-state index is 12.1. The second kappa shape index (κ2) is 11.1. The van der Waals surface area contributed by atoms with E-state index < -0.39 is 21.5 Å². The van der Waals surface area contributed by atoms with Crippen molar-refractivity contribution in [2.24, 2.45) is 0 Å². The lowest BCUT2D eigenvalue weighted by Crippen LogP contribution is -2.41. The van der Waals surface area contributed by atoms with Gasteiger partial charge in [0.2, 0.25) is 11.8 Å². The van der Waals surface area contributed by atoms with Gasteiger partial charge in [0.05, 0.1) is 25.5 Å². The van der Waals surface area contributed by atoms with Crippen molar-refractivity contribution in [3.05, 3.63) is 24.3 Å². The van der Waals surface area contributed by atoms with Crippen LogP contribution < -0.4 is 10.6 Å². The molecular formula is C19H29N3O5S. The molecule has 1 aromatic carbocycles. The van der Waals surface area contributed by atoms with Gasteiger partial charge in [0.1, 0.15) is 5.75 Å². The molecule has 8 nitrogen and oxygen atoms in total. The number of hydrogen-bond donors (Lipinski definition) is 2. The van der Waals surface area contributed by atoms with Gasteiger partial charge in [-0.2, -0.15) is 0 Å². The molecule has 0 unspecified atom stereocenters. The fourth-order valence-electron chi connectivity index (χ4n) is 2.84. The fraction of sp³-hybridized carbons (Fsp3) is 0.579. The first-order chi connectivity index (χ1) is 13.4. The van der Waals surface area contributed by atoms with E-state index in [1.54, 1.807) is 24.3 Å². The summed E-state index contributed by atoms with van der Waals surface area (Å²) in [5.41, 5.74) is 1.10. The molecular weight excluding hydrogens is 382 g/mol. The molecule has 1 aliphatic heterocycles. The van der Waals surface area contributed by atoms with Gasteiger partial charge >= 0.3 is 0 Å². The number of rotatable bonds is 10. The highest BCUT2D eigenvalue weighted by Crippen LogP contribution is 2.14. The molecule has 156 valence electrons. The number of benzene rings is 1. The molecule has 0 aromatic heterocycles. The third-order valence-electron chi connectivity index (χ3n) is 4.33.